The molecule has 2 N–H and O–H groups in total. The maximum absolute atomic E-state index is 13.3. The van der Waals surface area contributed by atoms with Crippen LogP contribution < -0.4 is 15.4 Å². The highest BCUT2D eigenvalue weighted by Crippen LogP contribution is 2.34. The van der Waals surface area contributed by atoms with Gasteiger partial charge in [0, 0.05) is 23.4 Å². The van der Waals surface area contributed by atoms with E-state index in [9.17, 15) is 27.6 Å². The van der Waals surface area contributed by atoms with Crippen LogP contribution in [-0.4, -0.2) is 35.5 Å². The number of rotatable bonds is 7. The monoisotopic (exact) mass is 529 g/mol. The molecule has 0 fully saturated rings. The number of halogens is 3. The molecule has 3 rings (SSSR count). The fraction of sp³-hybridized carbons (Fsp3) is 0.259. The van der Waals surface area contributed by atoms with Gasteiger partial charge in [-0.2, -0.15) is 13.2 Å². The second-order valence-corrected chi connectivity index (χ2v) is 9.20. The quantitative estimate of drug-likeness (QED) is 0.274. The largest absolute Gasteiger partial charge is 0.481 e. The van der Waals surface area contributed by atoms with Crippen LogP contribution in [0, 0.1) is 0 Å². The van der Waals surface area contributed by atoms with Crippen LogP contribution in [0.5, 0.6) is 5.88 Å². The molecule has 3 aromatic rings. The molecule has 0 bridgehead atoms. The van der Waals surface area contributed by atoms with Crippen molar-refractivity contribution in [2.75, 3.05) is 17.7 Å². The van der Waals surface area contributed by atoms with E-state index in [1.165, 1.54) is 13.2 Å². The molecule has 200 valence electrons. The van der Waals surface area contributed by atoms with Gasteiger partial charge in [0.25, 0.3) is 0 Å². The van der Waals surface area contributed by atoms with Crippen LogP contribution >= 0.6 is 0 Å². The van der Waals surface area contributed by atoms with E-state index in [1.54, 1.807) is 57.3 Å². The summed E-state index contributed by atoms with van der Waals surface area (Å²) >= 11 is 0. The number of carbonyl (C=O) groups excluding carboxylic acids is 3. The van der Waals surface area contributed by atoms with Crippen molar-refractivity contribution in [2.24, 2.45) is 0 Å². The molecule has 8 nitrogen and oxygen atoms in total. The summed E-state index contributed by atoms with van der Waals surface area (Å²) in [5.74, 6) is -0.995. The number of carbonyl (C=O) groups is 3. The fourth-order valence-corrected chi connectivity index (χ4v) is 3.33. The number of methoxy groups -OCH3 is 1. The lowest BCUT2D eigenvalue weighted by atomic mass is 10.0. The molecule has 11 heteroatoms. The molecule has 1 aromatic heterocycles. The Morgan fingerprint density at radius 3 is 2.24 bits per heavy atom. The number of hydrogen-bond acceptors (Lipinski definition) is 6. The van der Waals surface area contributed by atoms with Gasteiger partial charge in [-0.25, -0.2) is 9.78 Å². The number of nitrogens with one attached hydrogen (secondary N) is 2. The number of pyridine rings is 1. The first-order chi connectivity index (χ1) is 17.7. The van der Waals surface area contributed by atoms with Gasteiger partial charge in [-0.05, 0) is 56.7 Å². The van der Waals surface area contributed by atoms with E-state index in [-0.39, 0.29) is 16.9 Å². The van der Waals surface area contributed by atoms with Gasteiger partial charge < -0.3 is 14.8 Å². The average molecular weight is 530 g/mol. The van der Waals surface area contributed by atoms with E-state index in [4.69, 9.17) is 9.47 Å². The first-order valence-electron chi connectivity index (χ1n) is 11.4. The summed E-state index contributed by atoms with van der Waals surface area (Å²) in [6.07, 6.45) is -4.70. The van der Waals surface area contributed by atoms with E-state index in [0.717, 1.165) is 12.1 Å². The van der Waals surface area contributed by atoms with Crippen molar-refractivity contribution in [2.45, 2.75) is 39.0 Å². The number of Topliss-reactive ketones (excluding diaryl/α,β-unsaturated/α-hetero) is 1. The minimum atomic E-state index is -4.70. The van der Waals surface area contributed by atoms with Gasteiger partial charge in [-0.1, -0.05) is 18.2 Å². The third kappa shape index (κ3) is 7.79. The van der Waals surface area contributed by atoms with Crippen molar-refractivity contribution in [3.05, 3.63) is 71.9 Å². The number of anilines is 2. The van der Waals surface area contributed by atoms with Crippen molar-refractivity contribution in [1.82, 2.24) is 4.98 Å². The molecule has 2 amide bonds. The molecule has 0 saturated carbocycles. The van der Waals surface area contributed by atoms with Gasteiger partial charge in [-0.3, -0.25) is 14.9 Å². The smallest absolute Gasteiger partial charge is 0.416 e. The molecule has 0 aliphatic rings. The Morgan fingerprint density at radius 2 is 1.63 bits per heavy atom. The Kier molecular flexibility index (Phi) is 8.39. The number of ether oxygens (including phenoxy) is 2. The van der Waals surface area contributed by atoms with Crippen molar-refractivity contribution in [3.8, 4) is 17.0 Å². The van der Waals surface area contributed by atoms with Gasteiger partial charge in [0.1, 0.15) is 5.60 Å². The molecular formula is C27H26F3N3O5. The summed E-state index contributed by atoms with van der Waals surface area (Å²) < 4.78 is 50.0. The molecule has 0 unspecified atom stereocenters. The van der Waals surface area contributed by atoms with E-state index >= 15 is 0 Å². The molecule has 0 saturated heterocycles. The van der Waals surface area contributed by atoms with Crippen LogP contribution in [0.4, 0.5) is 29.3 Å². The molecule has 0 atom stereocenters. The third-order valence-electron chi connectivity index (χ3n) is 5.04. The maximum atomic E-state index is 13.3. The highest BCUT2D eigenvalue weighted by Gasteiger charge is 2.31. The van der Waals surface area contributed by atoms with E-state index in [1.807, 2.05) is 0 Å². The number of benzene rings is 2. The number of alkyl halides is 3. The van der Waals surface area contributed by atoms with Gasteiger partial charge in [0.2, 0.25) is 11.8 Å². The first-order valence-corrected chi connectivity index (χ1v) is 11.4. The fourth-order valence-electron chi connectivity index (χ4n) is 3.33. The van der Waals surface area contributed by atoms with Gasteiger partial charge in [0.15, 0.2) is 5.78 Å². The van der Waals surface area contributed by atoms with E-state index in [2.05, 4.69) is 15.6 Å². The third-order valence-corrected chi connectivity index (χ3v) is 5.04. The minimum absolute atomic E-state index is 0.123. The SMILES string of the molecule is COc1ccc(-c2cccc(C(=O)CC(=O)Nc3cc(C(F)(F)F)ccc3NC(=O)OC(C)(C)C)c2)cn1. The number of hydrogen-bond donors (Lipinski definition) is 2. The molecule has 1 heterocycles. The highest BCUT2D eigenvalue weighted by atomic mass is 19.4. The Morgan fingerprint density at radius 1 is 0.895 bits per heavy atom. The van der Waals surface area contributed by atoms with Crippen molar-refractivity contribution in [1.29, 1.82) is 0 Å². The van der Waals surface area contributed by atoms with Crippen LogP contribution in [0.2, 0.25) is 0 Å². The van der Waals surface area contributed by atoms with Gasteiger partial charge in [0.05, 0.1) is 30.5 Å². The summed E-state index contributed by atoms with van der Waals surface area (Å²) in [6.45, 7) is 4.86. The summed E-state index contributed by atoms with van der Waals surface area (Å²) in [5, 5.41) is 4.62. The number of amides is 2. The Labute approximate surface area is 217 Å². The Balaban J connectivity index is 1.78. The molecule has 0 aliphatic heterocycles. The van der Waals surface area contributed by atoms with Crippen LogP contribution in [0.25, 0.3) is 11.1 Å². The molecule has 0 radical (unpaired) electrons. The summed E-state index contributed by atoms with van der Waals surface area (Å²) in [4.78, 5) is 41.8. The predicted molar refractivity (Wildman–Crippen MR) is 135 cm³/mol. The van der Waals surface area contributed by atoms with Crippen molar-refractivity contribution < 1.29 is 37.0 Å². The van der Waals surface area contributed by atoms with E-state index in [0.29, 0.717) is 23.1 Å². The number of nitrogens with zero attached hydrogens (tertiary/aromatic N) is 1. The lowest BCUT2D eigenvalue weighted by molar-refractivity contribution is -0.137. The highest BCUT2D eigenvalue weighted by molar-refractivity contribution is 6.12. The molecule has 0 aliphatic carbocycles. The zero-order chi connectivity index (χ0) is 28.1. The predicted octanol–water partition coefficient (Wildman–Crippen LogP) is 6.33. The molecule has 38 heavy (non-hydrogen) atoms. The summed E-state index contributed by atoms with van der Waals surface area (Å²) in [5.41, 5.74) is -0.745. The zero-order valence-corrected chi connectivity index (χ0v) is 21.1. The summed E-state index contributed by atoms with van der Waals surface area (Å²) in [7, 11) is 1.49. The lowest BCUT2D eigenvalue weighted by Gasteiger charge is -2.21. The van der Waals surface area contributed by atoms with Crippen LogP contribution in [0.3, 0.4) is 0 Å². The standard InChI is InChI=1S/C27H26F3N3O5/c1-26(2,3)38-25(36)33-20-10-9-19(27(28,29)30)13-21(20)32-23(35)14-22(34)17-7-5-6-16(12-17)18-8-11-24(37-4)31-15-18/h5-13,15H,14H2,1-4H3,(H,32,35)(H,33,36). The Hall–Kier alpha value is -4.41. The maximum Gasteiger partial charge on any atom is 0.416 e. The molecule has 2 aromatic carbocycles. The van der Waals surface area contributed by atoms with E-state index < -0.39 is 41.5 Å². The van der Waals surface area contributed by atoms with Crippen LogP contribution in [0.1, 0.15) is 43.1 Å². The van der Waals surface area contributed by atoms with Crippen molar-refractivity contribution in [3.63, 3.8) is 0 Å². The van der Waals surface area contributed by atoms with Crippen molar-refractivity contribution >= 4 is 29.2 Å². The second kappa shape index (κ2) is 11.3. The topological polar surface area (TPSA) is 107 Å². The number of ketones is 1. The summed E-state index contributed by atoms with van der Waals surface area (Å²) in [6, 6.07) is 12.4. The molecule has 0 spiro atoms. The normalized spacial score (nSPS) is 11.4. The van der Waals surface area contributed by atoms with Crippen LogP contribution in [0.15, 0.2) is 60.8 Å². The lowest BCUT2D eigenvalue weighted by Crippen LogP contribution is -2.28. The first kappa shape index (κ1) is 28.2. The zero-order valence-electron chi connectivity index (χ0n) is 21.1. The number of aromatic nitrogens is 1. The minimum Gasteiger partial charge on any atom is -0.481 e. The average Bonchev–Trinajstić information content (AvgIpc) is 2.83. The van der Waals surface area contributed by atoms with Crippen LogP contribution in [-0.2, 0) is 15.7 Å². The van der Waals surface area contributed by atoms with Gasteiger partial charge >= 0.3 is 12.3 Å². The Bertz CT molecular complexity index is 1330. The second-order valence-electron chi connectivity index (χ2n) is 9.20. The van der Waals surface area contributed by atoms with Gasteiger partial charge in [-0.15, -0.1) is 0 Å². The molecular weight excluding hydrogens is 503 g/mol.